The molecule has 1 aliphatic heterocycles. The largest absolute Gasteiger partial charge is 0.478 e. The molecule has 4 aromatic carbocycles. The Kier molecular flexibility index (Phi) is 14.0. The van der Waals surface area contributed by atoms with Crippen LogP contribution in [-0.4, -0.2) is 40.6 Å². The maximum absolute atomic E-state index is 15.2. The number of aryl methyl sites for hydroxylation is 5. The van der Waals surface area contributed by atoms with E-state index in [4.69, 9.17) is 4.74 Å². The van der Waals surface area contributed by atoms with Crippen LogP contribution in [0.2, 0.25) is 0 Å². The average molecular weight is 917 g/mol. The lowest BCUT2D eigenvalue weighted by Crippen LogP contribution is -2.28. The number of fused-ring (bicyclic) bond motifs is 2. The zero-order valence-corrected chi connectivity index (χ0v) is 37.9. The highest BCUT2D eigenvalue weighted by Crippen LogP contribution is 2.38. The van der Waals surface area contributed by atoms with Crippen LogP contribution < -0.4 is 10.6 Å². The van der Waals surface area contributed by atoms with Crippen molar-refractivity contribution >= 4 is 46.4 Å². The summed E-state index contributed by atoms with van der Waals surface area (Å²) in [5.74, 6) is -3.50. The maximum atomic E-state index is 15.2. The quantitative estimate of drug-likeness (QED) is 0.0752. The third-order valence-electron chi connectivity index (χ3n) is 12.5. The Labute approximate surface area is 384 Å². The lowest BCUT2D eigenvalue weighted by atomic mass is 9.90. The first-order chi connectivity index (χ1) is 31.3. The Bertz CT molecular complexity index is 2760. The van der Waals surface area contributed by atoms with E-state index in [9.17, 15) is 33.8 Å². The Morgan fingerprint density at radius 2 is 1.25 bits per heavy atom. The molecule has 6 aromatic rings. The van der Waals surface area contributed by atoms with Crippen LogP contribution in [0.25, 0.3) is 11.1 Å². The number of aromatic carboxylic acids is 2. The van der Waals surface area contributed by atoms with Gasteiger partial charge in [0.05, 0.1) is 47.6 Å². The number of amides is 2. The third-order valence-corrected chi connectivity index (χ3v) is 15.1. The zero-order valence-electron chi connectivity index (χ0n) is 36.2. The molecular weight excluding hydrogens is 867 g/mol. The van der Waals surface area contributed by atoms with Gasteiger partial charge in [0.25, 0.3) is 11.8 Å². The fraction of sp³-hybridized carbons (Fsp3) is 0.308. The summed E-state index contributed by atoms with van der Waals surface area (Å²) in [6.45, 7) is 4.54. The van der Waals surface area contributed by atoms with Gasteiger partial charge in [0, 0.05) is 19.5 Å². The van der Waals surface area contributed by atoms with E-state index in [-0.39, 0.29) is 28.8 Å². The van der Waals surface area contributed by atoms with E-state index in [2.05, 4.69) is 10.6 Å². The van der Waals surface area contributed by atoms with E-state index in [1.807, 2.05) is 13.8 Å². The molecule has 1 aliphatic carbocycles. The molecule has 2 atom stereocenters. The van der Waals surface area contributed by atoms with Crippen molar-refractivity contribution in [3.63, 3.8) is 0 Å². The number of carbonyl (C=O) groups is 4. The van der Waals surface area contributed by atoms with Gasteiger partial charge in [-0.15, -0.1) is 22.7 Å². The minimum atomic E-state index is -1.18. The van der Waals surface area contributed by atoms with Crippen LogP contribution in [0.5, 0.6) is 0 Å². The number of carbonyl (C=O) groups excluding carboxylic acids is 2. The van der Waals surface area contributed by atoms with E-state index >= 15 is 4.39 Å². The summed E-state index contributed by atoms with van der Waals surface area (Å²) in [5.41, 5.74) is 7.24. The molecule has 13 heteroatoms. The van der Waals surface area contributed by atoms with Gasteiger partial charge in [-0.25, -0.2) is 18.4 Å². The maximum Gasteiger partial charge on any atom is 0.336 e. The summed E-state index contributed by atoms with van der Waals surface area (Å²) in [4.78, 5) is 56.6. The van der Waals surface area contributed by atoms with Gasteiger partial charge in [-0.1, -0.05) is 42.8 Å². The predicted molar refractivity (Wildman–Crippen MR) is 248 cm³/mol. The summed E-state index contributed by atoms with van der Waals surface area (Å²) < 4.78 is 34.6. The average Bonchev–Trinajstić information content (AvgIpc) is 3.76. The van der Waals surface area contributed by atoms with Crippen LogP contribution in [0.1, 0.15) is 140 Å². The fourth-order valence-electron chi connectivity index (χ4n) is 9.00. The molecule has 0 spiro atoms. The normalized spacial score (nSPS) is 14.4. The van der Waals surface area contributed by atoms with Crippen LogP contribution in [0, 0.1) is 11.6 Å². The van der Waals surface area contributed by atoms with Crippen molar-refractivity contribution in [2.24, 2.45) is 0 Å². The highest BCUT2D eigenvalue weighted by molar-refractivity contribution is 7.12. The number of carboxylic acids is 2. The van der Waals surface area contributed by atoms with E-state index in [1.54, 1.807) is 53.8 Å². The monoisotopic (exact) mass is 916 g/mol. The minimum absolute atomic E-state index is 0.0143. The SMILES string of the molecule is C[C@H](NC(=O)c1c(CCc2ccc(F)cc2)sc2c1CCCCC2)c1ccc(C(=O)O)c(-c2cc(F)ccc2CCc2sc3c(c2C(=O)N[C@@H](C)c2ccc(C(=O)O)cc2)CCOC3)c1. The molecule has 2 amide bonds. The van der Waals surface area contributed by atoms with Gasteiger partial charge in [-0.05, 0) is 165 Å². The number of hydrogen-bond acceptors (Lipinski definition) is 7. The fourth-order valence-corrected chi connectivity index (χ4v) is 11.7. The van der Waals surface area contributed by atoms with Crippen molar-refractivity contribution in [1.82, 2.24) is 10.6 Å². The Morgan fingerprint density at radius 3 is 1.94 bits per heavy atom. The summed E-state index contributed by atoms with van der Waals surface area (Å²) in [6, 6.07) is 21.1. The van der Waals surface area contributed by atoms with Gasteiger partial charge in [0.15, 0.2) is 0 Å². The smallest absolute Gasteiger partial charge is 0.336 e. The van der Waals surface area contributed by atoms with Crippen molar-refractivity contribution < 1.29 is 42.9 Å². The number of hydrogen-bond donors (Lipinski definition) is 4. The zero-order chi connectivity index (χ0) is 45.8. The molecule has 2 aromatic heterocycles. The van der Waals surface area contributed by atoms with Crippen LogP contribution in [0.15, 0.2) is 84.9 Å². The Morgan fingerprint density at radius 1 is 0.631 bits per heavy atom. The van der Waals surface area contributed by atoms with Gasteiger partial charge in [-0.2, -0.15) is 0 Å². The van der Waals surface area contributed by atoms with Gasteiger partial charge in [0.1, 0.15) is 11.6 Å². The second-order valence-corrected chi connectivity index (χ2v) is 19.2. The standard InChI is InChI=1S/C52H50F2N2O7S2/c1-29(32-11-13-34(14-12-32)51(59)60)55-50(58)48-40-24-25-63-28-46(40)65-45(48)23-17-33-15-20-37(54)27-41(33)42-26-35(16-21-38(42)52(61)62)30(2)56-49(57)47-39-6-4-3-5-7-43(39)64-44(47)22-10-31-8-18-36(53)19-9-31/h8-9,11-16,18-21,26-27,29-30H,3-7,10,17,22-25,28H2,1-2H3,(H,55,58)(H,56,57)(H,59,60)(H,61,62)/t29-,30-/m0/s1. The molecule has 65 heavy (non-hydrogen) atoms. The second kappa shape index (κ2) is 20.0. The molecule has 0 saturated carbocycles. The molecule has 2 aliphatic rings. The first-order valence-corrected chi connectivity index (χ1v) is 23.7. The van der Waals surface area contributed by atoms with E-state index in [1.165, 1.54) is 58.7 Å². The molecule has 0 unspecified atom stereocenters. The van der Waals surface area contributed by atoms with Crippen LogP contribution in [0.3, 0.4) is 0 Å². The number of nitrogens with one attached hydrogen (secondary N) is 2. The van der Waals surface area contributed by atoms with Gasteiger partial charge < -0.3 is 25.6 Å². The molecule has 8 rings (SSSR count). The number of ether oxygens (including phenoxy) is 1. The number of halogens is 2. The van der Waals surface area contributed by atoms with Gasteiger partial charge >= 0.3 is 11.9 Å². The summed E-state index contributed by atoms with van der Waals surface area (Å²) in [5, 5.41) is 26.1. The molecule has 9 nitrogen and oxygen atoms in total. The number of carboxylic acid groups (broad SMARTS) is 2. The lowest BCUT2D eigenvalue weighted by molar-refractivity contribution is 0.0686. The van der Waals surface area contributed by atoms with Crippen molar-refractivity contribution in [1.29, 1.82) is 0 Å². The van der Waals surface area contributed by atoms with E-state index in [0.29, 0.717) is 78.7 Å². The topological polar surface area (TPSA) is 142 Å². The van der Waals surface area contributed by atoms with E-state index < -0.39 is 29.8 Å². The number of thiophene rings is 2. The van der Waals surface area contributed by atoms with Crippen molar-refractivity contribution in [2.45, 2.75) is 96.7 Å². The van der Waals surface area contributed by atoms with Crippen LogP contribution in [0.4, 0.5) is 8.78 Å². The highest BCUT2D eigenvalue weighted by Gasteiger charge is 2.29. The number of benzene rings is 4. The van der Waals surface area contributed by atoms with Gasteiger partial charge in [-0.3, -0.25) is 9.59 Å². The van der Waals surface area contributed by atoms with Crippen LogP contribution >= 0.6 is 22.7 Å². The molecule has 0 fully saturated rings. The Hall–Kier alpha value is -6.02. The van der Waals surface area contributed by atoms with E-state index in [0.717, 1.165) is 69.0 Å². The number of rotatable bonds is 15. The highest BCUT2D eigenvalue weighted by atomic mass is 32.1. The predicted octanol–water partition coefficient (Wildman–Crippen LogP) is 11.0. The first-order valence-electron chi connectivity index (χ1n) is 22.0. The molecule has 0 bridgehead atoms. The first kappa shape index (κ1) is 45.5. The summed E-state index contributed by atoms with van der Waals surface area (Å²) >= 11 is 3.19. The van der Waals surface area contributed by atoms with Crippen LogP contribution in [-0.2, 0) is 56.3 Å². The summed E-state index contributed by atoms with van der Waals surface area (Å²) in [6.07, 6.45) is 7.53. The minimum Gasteiger partial charge on any atom is -0.478 e. The van der Waals surface area contributed by atoms with Crippen molar-refractivity contribution in [2.75, 3.05) is 6.61 Å². The van der Waals surface area contributed by atoms with Crippen molar-refractivity contribution in [3.8, 4) is 11.1 Å². The third kappa shape index (κ3) is 10.3. The molecule has 4 N–H and O–H groups in total. The Balaban J connectivity index is 1.05. The summed E-state index contributed by atoms with van der Waals surface area (Å²) in [7, 11) is 0. The van der Waals surface area contributed by atoms with Crippen molar-refractivity contribution in [3.05, 3.63) is 172 Å². The molecule has 336 valence electrons. The molecule has 3 heterocycles. The molecule has 0 saturated heterocycles. The second-order valence-electron chi connectivity index (χ2n) is 16.8. The lowest BCUT2D eigenvalue weighted by Gasteiger charge is -2.19. The molecule has 0 radical (unpaired) electrons. The molecular formula is C52H50F2N2O7S2. The van der Waals surface area contributed by atoms with Gasteiger partial charge in [0.2, 0.25) is 0 Å².